The summed E-state index contributed by atoms with van der Waals surface area (Å²) in [5.41, 5.74) is 3.14. The summed E-state index contributed by atoms with van der Waals surface area (Å²) in [6.07, 6.45) is 1.39. The Labute approximate surface area is 140 Å². The molecular weight excluding hydrogens is 330 g/mol. The Balaban J connectivity index is 1.66. The van der Waals surface area contributed by atoms with Crippen molar-refractivity contribution in [3.8, 4) is 11.3 Å². The molecule has 8 heteroatoms. The van der Waals surface area contributed by atoms with Crippen molar-refractivity contribution in [2.45, 2.75) is 0 Å². The van der Waals surface area contributed by atoms with Gasteiger partial charge >= 0.3 is 0 Å². The Hall–Kier alpha value is -3.26. The normalized spacial score (nSPS) is 10.8. The number of hydrogen-bond acceptors (Lipinski definition) is 6. The van der Waals surface area contributed by atoms with Crippen molar-refractivity contribution in [2.75, 3.05) is 0 Å². The quantitative estimate of drug-likeness (QED) is 0.435. The van der Waals surface area contributed by atoms with E-state index in [4.69, 9.17) is 4.42 Å². The van der Waals surface area contributed by atoms with Crippen LogP contribution in [0.25, 0.3) is 11.3 Å². The molecule has 1 amide bonds. The van der Waals surface area contributed by atoms with E-state index < -0.39 is 4.92 Å². The molecule has 0 aliphatic heterocycles. The first-order valence-corrected chi connectivity index (χ1v) is 7.73. The summed E-state index contributed by atoms with van der Waals surface area (Å²) in [5.74, 6) is 0.717. The molecule has 2 heterocycles. The maximum absolute atomic E-state index is 11.7. The van der Waals surface area contributed by atoms with Crippen LogP contribution in [0.15, 0.2) is 63.4 Å². The van der Waals surface area contributed by atoms with Crippen LogP contribution in [0.2, 0.25) is 0 Å². The number of rotatable bonds is 5. The molecule has 0 unspecified atom stereocenters. The molecular formula is C16H11N3O4S. The number of hydrogen-bond donors (Lipinski definition) is 1. The van der Waals surface area contributed by atoms with Crippen LogP contribution in [0, 0.1) is 10.1 Å². The third-order valence-electron chi connectivity index (χ3n) is 3.09. The summed E-state index contributed by atoms with van der Waals surface area (Å²) in [6, 6.07) is 12.9. The highest BCUT2D eigenvalue weighted by Gasteiger charge is 2.08. The fourth-order valence-electron chi connectivity index (χ4n) is 1.94. The van der Waals surface area contributed by atoms with Crippen LogP contribution in [0.3, 0.4) is 0 Å². The van der Waals surface area contributed by atoms with Crippen LogP contribution in [0.4, 0.5) is 5.69 Å². The second-order valence-electron chi connectivity index (χ2n) is 4.68. The number of benzene rings is 1. The molecule has 2 aromatic heterocycles. The van der Waals surface area contributed by atoms with E-state index in [1.165, 1.54) is 29.7 Å². The van der Waals surface area contributed by atoms with Gasteiger partial charge in [-0.25, -0.2) is 5.43 Å². The number of carbonyl (C=O) groups is 1. The van der Waals surface area contributed by atoms with Crippen LogP contribution >= 0.6 is 11.3 Å². The van der Waals surface area contributed by atoms with Gasteiger partial charge in [0.25, 0.3) is 11.6 Å². The topological polar surface area (TPSA) is 97.7 Å². The molecule has 0 radical (unpaired) electrons. The second-order valence-corrected chi connectivity index (χ2v) is 5.63. The van der Waals surface area contributed by atoms with Gasteiger partial charge in [0.05, 0.1) is 16.0 Å². The summed E-state index contributed by atoms with van der Waals surface area (Å²) >= 11 is 1.32. The minimum atomic E-state index is -0.458. The Kier molecular flexibility index (Phi) is 4.48. The molecule has 0 aliphatic carbocycles. The molecule has 0 atom stereocenters. The first kappa shape index (κ1) is 15.6. The van der Waals surface area contributed by atoms with Crippen LogP contribution in [0.1, 0.15) is 15.4 Å². The summed E-state index contributed by atoms with van der Waals surface area (Å²) in [4.78, 5) is 22.5. The zero-order chi connectivity index (χ0) is 16.9. The molecule has 24 heavy (non-hydrogen) atoms. The van der Waals surface area contributed by atoms with E-state index >= 15 is 0 Å². The third kappa shape index (κ3) is 3.55. The van der Waals surface area contributed by atoms with Gasteiger partial charge in [-0.2, -0.15) is 5.10 Å². The molecule has 1 aromatic carbocycles. The predicted octanol–water partition coefficient (Wildman–Crippen LogP) is 3.68. The van der Waals surface area contributed by atoms with Crippen molar-refractivity contribution in [3.63, 3.8) is 0 Å². The van der Waals surface area contributed by atoms with Gasteiger partial charge in [0.2, 0.25) is 0 Å². The molecule has 0 saturated heterocycles. The summed E-state index contributed by atoms with van der Waals surface area (Å²) in [5, 5.41) is 16.3. The SMILES string of the molecule is O=C(N/N=C\c1ccc(-c2ccc([N+](=O)[O-])cc2)o1)c1cccs1. The van der Waals surface area contributed by atoms with E-state index in [1.807, 2.05) is 5.38 Å². The Bertz CT molecular complexity index is 882. The molecule has 3 rings (SSSR count). The first-order chi connectivity index (χ1) is 11.6. The van der Waals surface area contributed by atoms with E-state index in [-0.39, 0.29) is 11.6 Å². The first-order valence-electron chi connectivity index (χ1n) is 6.85. The van der Waals surface area contributed by atoms with Gasteiger partial charge in [-0.3, -0.25) is 14.9 Å². The maximum Gasteiger partial charge on any atom is 0.281 e. The van der Waals surface area contributed by atoms with Crippen molar-refractivity contribution < 1.29 is 14.1 Å². The van der Waals surface area contributed by atoms with Crippen LogP contribution < -0.4 is 5.43 Å². The number of carbonyl (C=O) groups excluding carboxylic acids is 1. The molecule has 0 aliphatic rings. The number of furan rings is 1. The van der Waals surface area contributed by atoms with Crippen molar-refractivity contribution in [1.82, 2.24) is 5.43 Å². The lowest BCUT2D eigenvalue weighted by atomic mass is 10.1. The highest BCUT2D eigenvalue weighted by Crippen LogP contribution is 2.23. The summed E-state index contributed by atoms with van der Waals surface area (Å²) in [7, 11) is 0. The van der Waals surface area contributed by atoms with Gasteiger partial charge in [0, 0.05) is 17.7 Å². The van der Waals surface area contributed by atoms with Crippen molar-refractivity contribution >= 4 is 29.1 Å². The molecule has 0 bridgehead atoms. The minimum absolute atomic E-state index is 0.0170. The largest absolute Gasteiger partial charge is 0.455 e. The number of nitrogens with zero attached hydrogens (tertiary/aromatic N) is 2. The van der Waals surface area contributed by atoms with Gasteiger partial charge < -0.3 is 4.42 Å². The molecule has 3 aromatic rings. The van der Waals surface area contributed by atoms with Crippen molar-refractivity contribution in [1.29, 1.82) is 0 Å². The van der Waals surface area contributed by atoms with Gasteiger partial charge in [-0.05, 0) is 35.7 Å². The summed E-state index contributed by atoms with van der Waals surface area (Å²) < 4.78 is 5.57. The highest BCUT2D eigenvalue weighted by atomic mass is 32.1. The van der Waals surface area contributed by atoms with Gasteiger partial charge in [-0.15, -0.1) is 11.3 Å². The molecule has 1 N–H and O–H groups in total. The number of non-ortho nitro benzene ring substituents is 1. The fraction of sp³-hybridized carbons (Fsp3) is 0. The Morgan fingerprint density at radius 3 is 2.67 bits per heavy atom. The predicted molar refractivity (Wildman–Crippen MR) is 90.2 cm³/mol. The average molecular weight is 341 g/mol. The van der Waals surface area contributed by atoms with Crippen LogP contribution in [-0.4, -0.2) is 17.0 Å². The van der Waals surface area contributed by atoms with Crippen molar-refractivity contribution in [2.24, 2.45) is 5.10 Å². The van der Waals surface area contributed by atoms with E-state index in [2.05, 4.69) is 10.5 Å². The number of nitro benzene ring substituents is 1. The van der Waals surface area contributed by atoms with E-state index in [1.54, 1.807) is 36.4 Å². The standard InChI is InChI=1S/C16H11N3O4S/c20-16(15-2-1-9-24-15)18-17-10-13-7-8-14(23-13)11-3-5-12(6-4-11)19(21)22/h1-10H,(H,18,20)/b17-10-. The second kappa shape index (κ2) is 6.88. The number of hydrazone groups is 1. The molecule has 0 spiro atoms. The third-order valence-corrected chi connectivity index (χ3v) is 3.96. The number of thiophene rings is 1. The number of nitrogens with one attached hydrogen (secondary N) is 1. The van der Waals surface area contributed by atoms with E-state index in [9.17, 15) is 14.9 Å². The smallest absolute Gasteiger partial charge is 0.281 e. The van der Waals surface area contributed by atoms with Crippen LogP contribution in [0.5, 0.6) is 0 Å². The lowest BCUT2D eigenvalue weighted by molar-refractivity contribution is -0.384. The van der Waals surface area contributed by atoms with Gasteiger partial charge in [0.1, 0.15) is 11.5 Å². The highest BCUT2D eigenvalue weighted by molar-refractivity contribution is 7.12. The van der Waals surface area contributed by atoms with E-state index in [0.717, 1.165) is 0 Å². The monoisotopic (exact) mass is 341 g/mol. The fourth-order valence-corrected chi connectivity index (χ4v) is 2.56. The minimum Gasteiger partial charge on any atom is -0.455 e. The molecule has 120 valence electrons. The Morgan fingerprint density at radius 2 is 2.00 bits per heavy atom. The Morgan fingerprint density at radius 1 is 1.21 bits per heavy atom. The zero-order valence-electron chi connectivity index (χ0n) is 12.2. The maximum atomic E-state index is 11.7. The summed E-state index contributed by atoms with van der Waals surface area (Å²) in [6.45, 7) is 0. The molecule has 7 nitrogen and oxygen atoms in total. The van der Waals surface area contributed by atoms with E-state index in [0.29, 0.717) is 22.0 Å². The average Bonchev–Trinajstić information content (AvgIpc) is 3.27. The zero-order valence-corrected chi connectivity index (χ0v) is 13.0. The number of amides is 1. The van der Waals surface area contributed by atoms with Gasteiger partial charge in [0.15, 0.2) is 0 Å². The molecule has 0 fully saturated rings. The lowest BCUT2D eigenvalue weighted by Crippen LogP contribution is -2.15. The lowest BCUT2D eigenvalue weighted by Gasteiger charge is -1.96. The van der Waals surface area contributed by atoms with Gasteiger partial charge in [-0.1, -0.05) is 6.07 Å². The number of nitro groups is 1. The molecule has 0 saturated carbocycles. The van der Waals surface area contributed by atoms with Crippen LogP contribution in [-0.2, 0) is 0 Å². The van der Waals surface area contributed by atoms with Crippen molar-refractivity contribution in [3.05, 3.63) is 74.7 Å².